The predicted molar refractivity (Wildman–Crippen MR) is 85.4 cm³/mol. The van der Waals surface area contributed by atoms with Crippen molar-refractivity contribution in [1.82, 2.24) is 0 Å². The van der Waals surface area contributed by atoms with Crippen molar-refractivity contribution >= 4 is 11.0 Å². The Labute approximate surface area is 125 Å². The van der Waals surface area contributed by atoms with Crippen LogP contribution in [0.25, 0.3) is 11.0 Å². The first kappa shape index (κ1) is 13.9. The number of para-hydroxylation sites is 1. The Hall–Kier alpha value is -2.06. The molecular formula is C19H20O2. The number of rotatable bonds is 5. The molecule has 0 amide bonds. The second-order valence-electron chi connectivity index (χ2n) is 5.57. The zero-order valence-corrected chi connectivity index (χ0v) is 12.2. The highest BCUT2D eigenvalue weighted by Gasteiger charge is 2.20. The van der Waals surface area contributed by atoms with Gasteiger partial charge in [-0.05, 0) is 24.5 Å². The summed E-state index contributed by atoms with van der Waals surface area (Å²) in [5, 5.41) is 11.6. The van der Waals surface area contributed by atoms with E-state index in [1.807, 2.05) is 36.4 Å². The van der Waals surface area contributed by atoms with Gasteiger partial charge in [0.25, 0.3) is 0 Å². The molecule has 2 nitrogen and oxygen atoms in total. The van der Waals surface area contributed by atoms with Crippen molar-refractivity contribution in [3.63, 3.8) is 0 Å². The van der Waals surface area contributed by atoms with E-state index in [0.717, 1.165) is 29.4 Å². The molecule has 2 atom stereocenters. The molecule has 2 heteroatoms. The Morgan fingerprint density at radius 3 is 2.52 bits per heavy atom. The third kappa shape index (κ3) is 3.01. The lowest BCUT2D eigenvalue weighted by atomic mass is 9.91. The zero-order chi connectivity index (χ0) is 14.7. The Morgan fingerprint density at radius 1 is 1.00 bits per heavy atom. The van der Waals surface area contributed by atoms with Crippen molar-refractivity contribution in [2.75, 3.05) is 0 Å². The molecule has 3 rings (SSSR count). The van der Waals surface area contributed by atoms with E-state index in [9.17, 15) is 5.11 Å². The van der Waals surface area contributed by atoms with E-state index >= 15 is 0 Å². The van der Waals surface area contributed by atoms with Crippen LogP contribution in [0.2, 0.25) is 0 Å². The van der Waals surface area contributed by atoms with Gasteiger partial charge in [-0.2, -0.15) is 0 Å². The molecule has 0 saturated carbocycles. The van der Waals surface area contributed by atoms with Crippen LogP contribution in [-0.2, 0) is 6.42 Å². The summed E-state index contributed by atoms with van der Waals surface area (Å²) in [6.07, 6.45) is 3.06. The minimum absolute atomic E-state index is 0.0670. The van der Waals surface area contributed by atoms with E-state index in [2.05, 4.69) is 25.1 Å². The number of aryl methyl sites for hydroxylation is 1. The third-order valence-corrected chi connectivity index (χ3v) is 4.15. The maximum Gasteiger partial charge on any atom is 0.134 e. The summed E-state index contributed by atoms with van der Waals surface area (Å²) in [6, 6.07) is 18.3. The van der Waals surface area contributed by atoms with Crippen LogP contribution in [0.4, 0.5) is 0 Å². The minimum Gasteiger partial charge on any atom is -0.464 e. The lowest BCUT2D eigenvalue weighted by Gasteiger charge is -2.18. The first-order chi connectivity index (χ1) is 10.3. The van der Waals surface area contributed by atoms with Crippen molar-refractivity contribution in [3.05, 3.63) is 72.0 Å². The predicted octanol–water partition coefficient (Wildman–Crippen LogP) is 4.53. The maximum absolute atomic E-state index is 10.5. The first-order valence-electron chi connectivity index (χ1n) is 7.44. The Morgan fingerprint density at radius 2 is 1.71 bits per heavy atom. The summed E-state index contributed by atoms with van der Waals surface area (Å²) < 4.78 is 5.57. The number of benzene rings is 2. The number of hydrogen-bond acceptors (Lipinski definition) is 2. The molecule has 0 aliphatic heterocycles. The molecular weight excluding hydrogens is 260 g/mol. The van der Waals surface area contributed by atoms with E-state index in [4.69, 9.17) is 4.42 Å². The van der Waals surface area contributed by atoms with Crippen LogP contribution in [0.15, 0.2) is 65.3 Å². The number of furan rings is 1. The van der Waals surface area contributed by atoms with E-state index in [0.29, 0.717) is 0 Å². The lowest BCUT2D eigenvalue weighted by molar-refractivity contribution is 0.140. The molecule has 21 heavy (non-hydrogen) atoms. The fourth-order valence-corrected chi connectivity index (χ4v) is 2.77. The number of aliphatic hydroxyl groups excluding tert-OH is 1. The number of aliphatic hydroxyl groups is 1. The zero-order valence-electron chi connectivity index (χ0n) is 12.2. The van der Waals surface area contributed by atoms with Crippen LogP contribution in [0.5, 0.6) is 0 Å². The molecule has 0 fully saturated rings. The third-order valence-electron chi connectivity index (χ3n) is 4.15. The van der Waals surface area contributed by atoms with Crippen molar-refractivity contribution in [2.45, 2.75) is 31.8 Å². The molecule has 2 aromatic carbocycles. The SMILES string of the molecule is C[C@@H](c1coc2ccccc12)[C@H](O)CCc1ccccc1. The number of hydrogen-bond donors (Lipinski definition) is 1. The van der Waals surface area contributed by atoms with Crippen LogP contribution in [0.3, 0.4) is 0 Å². The van der Waals surface area contributed by atoms with Gasteiger partial charge in [0.05, 0.1) is 12.4 Å². The quantitative estimate of drug-likeness (QED) is 0.745. The standard InChI is InChI=1S/C19H20O2/c1-14(17-13-21-19-10-6-5-9-16(17)19)18(20)12-11-15-7-3-2-4-8-15/h2-10,13-14,18,20H,11-12H2,1H3/t14-,18+/m0/s1. The molecule has 0 spiro atoms. The molecule has 1 heterocycles. The molecule has 0 saturated heterocycles. The molecule has 1 N–H and O–H groups in total. The molecule has 0 aliphatic carbocycles. The van der Waals surface area contributed by atoms with Gasteiger partial charge in [0, 0.05) is 16.9 Å². The molecule has 1 aromatic heterocycles. The minimum atomic E-state index is -0.369. The van der Waals surface area contributed by atoms with Gasteiger partial charge in [-0.25, -0.2) is 0 Å². The van der Waals surface area contributed by atoms with Gasteiger partial charge in [-0.15, -0.1) is 0 Å². The average molecular weight is 280 g/mol. The topological polar surface area (TPSA) is 33.4 Å². The van der Waals surface area contributed by atoms with Gasteiger partial charge in [0.1, 0.15) is 5.58 Å². The highest BCUT2D eigenvalue weighted by Crippen LogP contribution is 2.30. The average Bonchev–Trinajstić information content (AvgIpc) is 2.97. The smallest absolute Gasteiger partial charge is 0.134 e. The summed E-state index contributed by atoms with van der Waals surface area (Å²) in [6.45, 7) is 2.06. The molecule has 0 bridgehead atoms. The van der Waals surface area contributed by atoms with Crippen LogP contribution >= 0.6 is 0 Å². The Kier molecular flexibility index (Phi) is 4.07. The highest BCUT2D eigenvalue weighted by atomic mass is 16.3. The molecule has 0 radical (unpaired) electrons. The molecule has 0 aliphatic rings. The second-order valence-corrected chi connectivity index (χ2v) is 5.57. The van der Waals surface area contributed by atoms with E-state index < -0.39 is 0 Å². The van der Waals surface area contributed by atoms with Gasteiger partial charge in [-0.3, -0.25) is 0 Å². The van der Waals surface area contributed by atoms with Crippen molar-refractivity contribution in [2.24, 2.45) is 0 Å². The molecule has 3 aromatic rings. The van der Waals surface area contributed by atoms with Crippen molar-refractivity contribution in [3.8, 4) is 0 Å². The summed E-state index contributed by atoms with van der Waals surface area (Å²) in [4.78, 5) is 0. The van der Waals surface area contributed by atoms with Gasteiger partial charge >= 0.3 is 0 Å². The van der Waals surface area contributed by atoms with Gasteiger partial charge in [0.15, 0.2) is 0 Å². The largest absolute Gasteiger partial charge is 0.464 e. The monoisotopic (exact) mass is 280 g/mol. The summed E-state index contributed by atoms with van der Waals surface area (Å²) >= 11 is 0. The van der Waals surface area contributed by atoms with Gasteiger partial charge in [-0.1, -0.05) is 55.5 Å². The maximum atomic E-state index is 10.5. The van der Waals surface area contributed by atoms with Crippen LogP contribution < -0.4 is 0 Å². The fourth-order valence-electron chi connectivity index (χ4n) is 2.77. The summed E-state index contributed by atoms with van der Waals surface area (Å²) in [5.74, 6) is 0.0670. The van der Waals surface area contributed by atoms with Crippen LogP contribution in [0.1, 0.15) is 30.4 Å². The normalized spacial score (nSPS) is 14.2. The summed E-state index contributed by atoms with van der Waals surface area (Å²) in [7, 11) is 0. The number of fused-ring (bicyclic) bond motifs is 1. The van der Waals surface area contributed by atoms with Crippen LogP contribution in [0, 0.1) is 0 Å². The van der Waals surface area contributed by atoms with E-state index in [1.54, 1.807) is 6.26 Å². The van der Waals surface area contributed by atoms with Gasteiger partial charge in [0.2, 0.25) is 0 Å². The van der Waals surface area contributed by atoms with Crippen molar-refractivity contribution in [1.29, 1.82) is 0 Å². The first-order valence-corrected chi connectivity index (χ1v) is 7.44. The molecule has 0 unspecified atom stereocenters. The van der Waals surface area contributed by atoms with Crippen molar-refractivity contribution < 1.29 is 9.52 Å². The van der Waals surface area contributed by atoms with Crippen LogP contribution in [-0.4, -0.2) is 11.2 Å². The molecule has 108 valence electrons. The second kappa shape index (κ2) is 6.15. The lowest BCUT2D eigenvalue weighted by Crippen LogP contribution is -2.16. The highest BCUT2D eigenvalue weighted by molar-refractivity contribution is 5.81. The van der Waals surface area contributed by atoms with E-state index in [1.165, 1.54) is 5.56 Å². The van der Waals surface area contributed by atoms with Gasteiger partial charge < -0.3 is 9.52 Å². The fraction of sp³-hybridized carbons (Fsp3) is 0.263. The summed E-state index contributed by atoms with van der Waals surface area (Å²) in [5.41, 5.74) is 3.24. The Balaban J connectivity index is 1.71. The van der Waals surface area contributed by atoms with E-state index in [-0.39, 0.29) is 12.0 Å². The Bertz CT molecular complexity index is 700.